The lowest BCUT2D eigenvalue weighted by atomic mass is 9.91. The number of ether oxygens (including phenoxy) is 2. The van der Waals surface area contributed by atoms with E-state index < -0.39 is 24.5 Å². The maximum atomic E-state index is 11.4. The third-order valence-corrected chi connectivity index (χ3v) is 8.99. The Hall–Kier alpha value is -4.92. The lowest BCUT2D eigenvalue weighted by molar-refractivity contribution is -0.140. The lowest BCUT2D eigenvalue weighted by Gasteiger charge is -2.27. The molecule has 2 fully saturated rings. The fourth-order valence-corrected chi connectivity index (χ4v) is 6.54. The number of fused-ring (bicyclic) bond motifs is 1. The van der Waals surface area contributed by atoms with Crippen LogP contribution in [0.4, 0.5) is 11.8 Å². The molecular formula is C33H38N10O4. The Kier molecular flexibility index (Phi) is 8.78. The molecule has 14 nitrogen and oxygen atoms in total. The SMILES string of the molecule is Cc1nnc([C@H]2O[C@@H](n3cnc4c(NCC(c5ccccc5)c5ccccc5)nc(NC5CCC(N)CC5)nc43)[C@H](O)[C@@H]2OC=O)[nH]1. The van der Waals surface area contributed by atoms with Crippen LogP contribution >= 0.6 is 0 Å². The molecule has 244 valence electrons. The number of aromatic amines is 1. The number of aliphatic hydroxyl groups excluding tert-OH is 1. The monoisotopic (exact) mass is 638 g/mol. The first kappa shape index (κ1) is 30.7. The van der Waals surface area contributed by atoms with Crippen molar-refractivity contribution in [2.45, 2.75) is 75.1 Å². The first-order valence-corrected chi connectivity index (χ1v) is 15.9. The molecule has 0 radical (unpaired) electrons. The van der Waals surface area contributed by atoms with Crippen molar-refractivity contribution >= 4 is 29.4 Å². The Bertz CT molecular complexity index is 1750. The van der Waals surface area contributed by atoms with Crippen LogP contribution in [-0.4, -0.2) is 77.1 Å². The number of hydrogen-bond acceptors (Lipinski definition) is 12. The van der Waals surface area contributed by atoms with Crippen molar-refractivity contribution in [2.75, 3.05) is 17.2 Å². The molecule has 6 N–H and O–H groups in total. The van der Waals surface area contributed by atoms with E-state index in [9.17, 15) is 9.90 Å². The molecule has 0 amide bonds. The van der Waals surface area contributed by atoms with E-state index in [1.165, 1.54) is 0 Å². The molecule has 2 aromatic carbocycles. The summed E-state index contributed by atoms with van der Waals surface area (Å²) in [6, 6.07) is 21.0. The molecule has 0 unspecified atom stereocenters. The second kappa shape index (κ2) is 13.4. The van der Waals surface area contributed by atoms with Crippen LogP contribution in [0.25, 0.3) is 11.2 Å². The number of aliphatic hydroxyl groups is 1. The highest BCUT2D eigenvalue weighted by molar-refractivity contribution is 5.84. The molecule has 0 bridgehead atoms. The summed E-state index contributed by atoms with van der Waals surface area (Å²) in [6.07, 6.45) is 1.02. The van der Waals surface area contributed by atoms with Crippen LogP contribution in [0.15, 0.2) is 67.0 Å². The average Bonchev–Trinajstić information content (AvgIpc) is 3.80. The van der Waals surface area contributed by atoms with Crippen molar-refractivity contribution in [2.24, 2.45) is 5.73 Å². The predicted octanol–water partition coefficient (Wildman–Crippen LogP) is 3.35. The minimum absolute atomic E-state index is 0.0353. The van der Waals surface area contributed by atoms with Gasteiger partial charge >= 0.3 is 0 Å². The van der Waals surface area contributed by atoms with E-state index in [1.54, 1.807) is 17.8 Å². The molecule has 0 spiro atoms. The summed E-state index contributed by atoms with van der Waals surface area (Å²) in [6.45, 7) is 2.58. The molecule has 2 aliphatic rings. The first-order valence-electron chi connectivity index (χ1n) is 15.9. The van der Waals surface area contributed by atoms with E-state index in [0.29, 0.717) is 47.6 Å². The van der Waals surface area contributed by atoms with E-state index in [0.717, 1.165) is 36.8 Å². The van der Waals surface area contributed by atoms with Gasteiger partial charge in [-0.2, -0.15) is 9.97 Å². The van der Waals surface area contributed by atoms with Gasteiger partial charge in [0.1, 0.15) is 11.9 Å². The van der Waals surface area contributed by atoms with E-state index in [-0.39, 0.29) is 18.0 Å². The van der Waals surface area contributed by atoms with Crippen molar-refractivity contribution in [3.63, 3.8) is 0 Å². The number of nitrogens with zero attached hydrogens (tertiary/aromatic N) is 6. The van der Waals surface area contributed by atoms with E-state index in [4.69, 9.17) is 25.2 Å². The van der Waals surface area contributed by atoms with Crippen molar-refractivity contribution < 1.29 is 19.4 Å². The van der Waals surface area contributed by atoms with Crippen molar-refractivity contribution in [3.8, 4) is 0 Å². The second-order valence-corrected chi connectivity index (χ2v) is 12.2. The Morgan fingerprint density at radius 1 is 1.06 bits per heavy atom. The zero-order valence-electron chi connectivity index (χ0n) is 25.9. The summed E-state index contributed by atoms with van der Waals surface area (Å²) in [7, 11) is 0. The quantitative estimate of drug-likeness (QED) is 0.133. The van der Waals surface area contributed by atoms with Gasteiger partial charge in [0.2, 0.25) is 5.95 Å². The molecule has 14 heteroatoms. The van der Waals surface area contributed by atoms with Crippen LogP contribution in [0.5, 0.6) is 0 Å². The molecule has 7 rings (SSSR count). The Labute approximate surface area is 271 Å². The largest absolute Gasteiger partial charge is 0.458 e. The van der Waals surface area contributed by atoms with Gasteiger partial charge in [0.05, 0.1) is 6.33 Å². The average molecular weight is 639 g/mol. The van der Waals surface area contributed by atoms with E-state index in [2.05, 4.69) is 55.1 Å². The number of carbonyl (C=O) groups is 1. The van der Waals surface area contributed by atoms with Crippen molar-refractivity contribution in [1.29, 1.82) is 0 Å². The number of nitrogens with one attached hydrogen (secondary N) is 3. The van der Waals surface area contributed by atoms with Gasteiger partial charge in [0.15, 0.2) is 41.2 Å². The maximum absolute atomic E-state index is 11.4. The van der Waals surface area contributed by atoms with Crippen LogP contribution in [0.1, 0.15) is 66.7 Å². The molecular weight excluding hydrogens is 600 g/mol. The molecule has 4 atom stereocenters. The summed E-state index contributed by atoms with van der Waals surface area (Å²) in [4.78, 5) is 28.9. The minimum Gasteiger partial charge on any atom is -0.458 e. The topological polar surface area (TPSA) is 191 Å². The highest BCUT2D eigenvalue weighted by Crippen LogP contribution is 2.41. The molecule has 1 aliphatic carbocycles. The smallest absolute Gasteiger partial charge is 0.293 e. The number of benzene rings is 2. The van der Waals surface area contributed by atoms with Gasteiger partial charge in [0, 0.05) is 24.5 Å². The minimum atomic E-state index is -1.25. The van der Waals surface area contributed by atoms with Crippen LogP contribution in [0, 0.1) is 6.92 Å². The summed E-state index contributed by atoms with van der Waals surface area (Å²) >= 11 is 0. The number of hydrogen-bond donors (Lipinski definition) is 5. The summed E-state index contributed by atoms with van der Waals surface area (Å²) < 4.78 is 13.2. The maximum Gasteiger partial charge on any atom is 0.293 e. The fraction of sp³-hybridized carbons (Fsp3) is 0.394. The normalized spacial score (nSPS) is 24.4. The van der Waals surface area contributed by atoms with Crippen molar-refractivity contribution in [1.82, 2.24) is 34.7 Å². The van der Waals surface area contributed by atoms with Gasteiger partial charge in [-0.3, -0.25) is 9.36 Å². The fourth-order valence-electron chi connectivity index (χ4n) is 6.54. The standard InChI is InChI=1S/C33H38N10O4/c1-19-37-30(42-41-19)28-27(46-18-44)26(45)32(47-28)43-17-36-25-29(39-33(40-31(25)43)38-23-14-12-22(34)13-15-23)35-16-24(20-8-4-2-5-9-20)21-10-6-3-7-11-21/h2-11,17-18,22-24,26-28,32,45H,12-16,34H2,1H3,(H,37,41,42)(H2,35,38,39,40)/t22?,23?,26-,27+,28+,32-/m1/s1. The Morgan fingerprint density at radius 2 is 1.77 bits per heavy atom. The summed E-state index contributed by atoms with van der Waals surface area (Å²) in [5, 5.41) is 26.6. The number of carbonyl (C=O) groups excluding carboxylic acids is 1. The number of rotatable bonds is 11. The zero-order chi connectivity index (χ0) is 32.3. The van der Waals surface area contributed by atoms with Gasteiger partial charge in [-0.1, -0.05) is 60.7 Å². The molecule has 1 aliphatic heterocycles. The molecule has 1 saturated carbocycles. The number of nitrogens with two attached hydrogens (primary N) is 1. The van der Waals surface area contributed by atoms with Crippen LogP contribution in [0.2, 0.25) is 0 Å². The Balaban J connectivity index is 1.25. The molecule has 47 heavy (non-hydrogen) atoms. The van der Waals surface area contributed by atoms with Crippen LogP contribution in [0.3, 0.4) is 0 Å². The highest BCUT2D eigenvalue weighted by Gasteiger charge is 2.49. The van der Waals surface area contributed by atoms with Gasteiger partial charge in [-0.05, 0) is 43.7 Å². The number of imidazole rings is 1. The molecule has 3 aromatic heterocycles. The predicted molar refractivity (Wildman–Crippen MR) is 173 cm³/mol. The number of anilines is 2. The number of aryl methyl sites for hydroxylation is 1. The zero-order valence-corrected chi connectivity index (χ0v) is 25.9. The van der Waals surface area contributed by atoms with Gasteiger partial charge in [-0.15, -0.1) is 10.2 Å². The summed E-state index contributed by atoms with van der Waals surface area (Å²) in [5.74, 6) is 1.90. The Morgan fingerprint density at radius 3 is 2.40 bits per heavy atom. The van der Waals surface area contributed by atoms with Gasteiger partial charge < -0.3 is 35.9 Å². The van der Waals surface area contributed by atoms with Crippen LogP contribution in [-0.2, 0) is 14.3 Å². The van der Waals surface area contributed by atoms with Gasteiger partial charge in [0.25, 0.3) is 6.47 Å². The third kappa shape index (κ3) is 6.39. The summed E-state index contributed by atoms with van der Waals surface area (Å²) in [5.41, 5.74) is 9.44. The number of aromatic nitrogens is 7. The third-order valence-electron chi connectivity index (χ3n) is 8.99. The first-order chi connectivity index (χ1) is 23.0. The second-order valence-electron chi connectivity index (χ2n) is 12.2. The van der Waals surface area contributed by atoms with E-state index in [1.807, 2.05) is 36.4 Å². The molecule has 5 aromatic rings. The molecule has 1 saturated heterocycles. The number of H-pyrrole nitrogens is 1. The van der Waals surface area contributed by atoms with Gasteiger partial charge in [-0.25, -0.2) is 4.98 Å². The lowest BCUT2D eigenvalue weighted by Crippen LogP contribution is -2.33. The van der Waals surface area contributed by atoms with Crippen LogP contribution < -0.4 is 16.4 Å². The highest BCUT2D eigenvalue weighted by atomic mass is 16.6. The van der Waals surface area contributed by atoms with E-state index >= 15 is 0 Å². The molecule has 4 heterocycles. The van der Waals surface area contributed by atoms with Crippen molar-refractivity contribution in [3.05, 3.63) is 89.8 Å².